The van der Waals surface area contributed by atoms with Crippen molar-refractivity contribution in [2.24, 2.45) is 11.8 Å². The minimum Gasteiger partial charge on any atom is -0.353 e. The number of carbonyl (C=O) groups is 1. The van der Waals surface area contributed by atoms with E-state index in [2.05, 4.69) is 17.6 Å². The van der Waals surface area contributed by atoms with Gasteiger partial charge in [-0.1, -0.05) is 12.8 Å². The van der Waals surface area contributed by atoms with Crippen LogP contribution < -0.4 is 10.6 Å². The molecule has 2 unspecified atom stereocenters. The molecule has 0 aromatic carbocycles. The predicted octanol–water partition coefficient (Wildman–Crippen LogP) is 1.71. The summed E-state index contributed by atoms with van der Waals surface area (Å²) in [6.45, 7) is 4.07. The number of carbonyl (C=O) groups excluding carboxylic acids is 1. The van der Waals surface area contributed by atoms with Crippen LogP contribution in [0.1, 0.15) is 39.0 Å². The maximum atomic E-state index is 11.9. The molecule has 0 aromatic rings. The summed E-state index contributed by atoms with van der Waals surface area (Å²) in [4.78, 5) is 11.9. The minimum atomic E-state index is 0. The molecule has 0 bridgehead atoms. The van der Waals surface area contributed by atoms with Gasteiger partial charge in [-0.25, -0.2) is 0 Å². The van der Waals surface area contributed by atoms with Gasteiger partial charge in [0.2, 0.25) is 5.91 Å². The second-order valence-electron chi connectivity index (χ2n) is 5.13. The molecular weight excluding hydrogens is 224 g/mol. The zero-order valence-corrected chi connectivity index (χ0v) is 10.8. The number of amides is 1. The Hall–Kier alpha value is -0.280. The largest absolute Gasteiger partial charge is 0.353 e. The van der Waals surface area contributed by atoms with Gasteiger partial charge >= 0.3 is 0 Å². The van der Waals surface area contributed by atoms with E-state index in [0.717, 1.165) is 31.8 Å². The second kappa shape index (κ2) is 6.45. The summed E-state index contributed by atoms with van der Waals surface area (Å²) >= 11 is 0. The highest BCUT2D eigenvalue weighted by Crippen LogP contribution is 2.33. The summed E-state index contributed by atoms with van der Waals surface area (Å²) in [6, 6.07) is 0.368. The fraction of sp³-hybridized carbons (Fsp3) is 0.917. The fourth-order valence-electron chi connectivity index (χ4n) is 2.35. The molecule has 0 aromatic heterocycles. The molecule has 2 N–H and O–H groups in total. The molecule has 1 aliphatic heterocycles. The maximum absolute atomic E-state index is 11.9. The number of piperidine rings is 1. The Labute approximate surface area is 104 Å². The fourth-order valence-corrected chi connectivity index (χ4v) is 2.35. The molecule has 2 atom stereocenters. The summed E-state index contributed by atoms with van der Waals surface area (Å²) in [5.41, 5.74) is 0. The van der Waals surface area contributed by atoms with Crippen LogP contribution in [0.3, 0.4) is 0 Å². The lowest BCUT2D eigenvalue weighted by molar-refractivity contribution is -0.126. The van der Waals surface area contributed by atoms with Gasteiger partial charge in [0.1, 0.15) is 0 Å². The Morgan fingerprint density at radius 1 is 1.44 bits per heavy atom. The second-order valence-corrected chi connectivity index (χ2v) is 5.13. The van der Waals surface area contributed by atoms with Crippen molar-refractivity contribution >= 4 is 18.3 Å². The van der Waals surface area contributed by atoms with E-state index in [0.29, 0.717) is 6.04 Å². The van der Waals surface area contributed by atoms with E-state index in [-0.39, 0.29) is 24.2 Å². The molecule has 1 heterocycles. The van der Waals surface area contributed by atoms with Crippen molar-refractivity contribution < 1.29 is 4.79 Å². The van der Waals surface area contributed by atoms with Gasteiger partial charge in [-0.3, -0.25) is 4.79 Å². The standard InChI is InChI=1S/C12H22N2O.ClH/c1-9(7-10-4-5-10)14-12(15)11-3-2-6-13-8-11;/h9-11,13H,2-8H2,1H3,(H,14,15);1H. The van der Waals surface area contributed by atoms with E-state index >= 15 is 0 Å². The van der Waals surface area contributed by atoms with Crippen LogP contribution in [0.4, 0.5) is 0 Å². The van der Waals surface area contributed by atoms with Gasteiger partial charge in [0.25, 0.3) is 0 Å². The normalized spacial score (nSPS) is 26.7. The van der Waals surface area contributed by atoms with Crippen LogP contribution in [-0.2, 0) is 4.79 Å². The molecule has 2 aliphatic rings. The molecule has 2 rings (SSSR count). The number of hydrogen-bond acceptors (Lipinski definition) is 2. The van der Waals surface area contributed by atoms with Crippen molar-refractivity contribution in [3.8, 4) is 0 Å². The first-order valence-corrected chi connectivity index (χ1v) is 6.27. The molecule has 0 spiro atoms. The van der Waals surface area contributed by atoms with Gasteiger partial charge in [0.15, 0.2) is 0 Å². The summed E-state index contributed by atoms with van der Waals surface area (Å²) in [5.74, 6) is 1.36. The highest BCUT2D eigenvalue weighted by Gasteiger charge is 2.26. The lowest BCUT2D eigenvalue weighted by Crippen LogP contribution is -2.43. The van der Waals surface area contributed by atoms with Gasteiger partial charge < -0.3 is 10.6 Å². The van der Waals surface area contributed by atoms with Gasteiger partial charge in [-0.2, -0.15) is 0 Å². The lowest BCUT2D eigenvalue weighted by Gasteiger charge is -2.24. The first-order valence-electron chi connectivity index (χ1n) is 6.27. The van der Waals surface area contributed by atoms with Crippen molar-refractivity contribution in [1.29, 1.82) is 0 Å². The summed E-state index contributed by atoms with van der Waals surface area (Å²) in [7, 11) is 0. The van der Waals surface area contributed by atoms with E-state index in [4.69, 9.17) is 0 Å². The summed E-state index contributed by atoms with van der Waals surface area (Å²) < 4.78 is 0. The van der Waals surface area contributed by atoms with Crippen LogP contribution in [0.25, 0.3) is 0 Å². The molecule has 1 aliphatic carbocycles. The van der Waals surface area contributed by atoms with Gasteiger partial charge in [0.05, 0.1) is 5.92 Å². The average molecular weight is 247 g/mol. The van der Waals surface area contributed by atoms with Crippen LogP contribution in [0, 0.1) is 11.8 Å². The Balaban J connectivity index is 0.00000128. The Bertz CT molecular complexity index is 225. The van der Waals surface area contributed by atoms with Crippen molar-refractivity contribution in [2.75, 3.05) is 13.1 Å². The first kappa shape index (κ1) is 13.8. The van der Waals surface area contributed by atoms with Crippen LogP contribution in [-0.4, -0.2) is 25.0 Å². The van der Waals surface area contributed by atoms with Crippen LogP contribution in [0.15, 0.2) is 0 Å². The SMILES string of the molecule is CC(CC1CC1)NC(=O)C1CCCNC1.Cl. The van der Waals surface area contributed by atoms with Crippen molar-refractivity contribution in [1.82, 2.24) is 10.6 Å². The third-order valence-corrected chi connectivity index (χ3v) is 3.44. The molecule has 1 saturated carbocycles. The number of nitrogens with one attached hydrogen (secondary N) is 2. The Kier molecular flexibility index (Phi) is 5.56. The van der Waals surface area contributed by atoms with Crippen LogP contribution in [0.5, 0.6) is 0 Å². The lowest BCUT2D eigenvalue weighted by atomic mass is 9.98. The third kappa shape index (κ3) is 4.30. The van der Waals surface area contributed by atoms with Crippen molar-refractivity contribution in [3.05, 3.63) is 0 Å². The molecule has 3 nitrogen and oxygen atoms in total. The first-order chi connectivity index (χ1) is 7.25. The Morgan fingerprint density at radius 3 is 2.75 bits per heavy atom. The van der Waals surface area contributed by atoms with E-state index in [1.54, 1.807) is 0 Å². The molecule has 0 radical (unpaired) electrons. The zero-order valence-electron chi connectivity index (χ0n) is 10.00. The zero-order chi connectivity index (χ0) is 10.7. The summed E-state index contributed by atoms with van der Waals surface area (Å²) in [6.07, 6.45) is 6.09. The van der Waals surface area contributed by atoms with Crippen molar-refractivity contribution in [2.45, 2.75) is 45.1 Å². The smallest absolute Gasteiger partial charge is 0.224 e. The van der Waals surface area contributed by atoms with E-state index < -0.39 is 0 Å². The highest BCUT2D eigenvalue weighted by atomic mass is 35.5. The maximum Gasteiger partial charge on any atom is 0.224 e. The highest BCUT2D eigenvalue weighted by molar-refractivity contribution is 5.85. The monoisotopic (exact) mass is 246 g/mol. The molecular formula is C12H23ClN2O. The number of rotatable bonds is 4. The average Bonchev–Trinajstić information content (AvgIpc) is 3.03. The summed E-state index contributed by atoms with van der Waals surface area (Å²) in [5, 5.41) is 6.42. The van der Waals surface area contributed by atoms with E-state index in [9.17, 15) is 4.79 Å². The topological polar surface area (TPSA) is 41.1 Å². The molecule has 16 heavy (non-hydrogen) atoms. The van der Waals surface area contributed by atoms with Gasteiger partial charge in [0, 0.05) is 12.6 Å². The van der Waals surface area contributed by atoms with Gasteiger partial charge in [-0.15, -0.1) is 12.4 Å². The van der Waals surface area contributed by atoms with Gasteiger partial charge in [-0.05, 0) is 38.6 Å². The van der Waals surface area contributed by atoms with Crippen LogP contribution >= 0.6 is 12.4 Å². The van der Waals surface area contributed by atoms with E-state index in [1.807, 2.05) is 0 Å². The third-order valence-electron chi connectivity index (χ3n) is 3.44. The number of hydrogen-bond donors (Lipinski definition) is 2. The number of halogens is 1. The Morgan fingerprint density at radius 2 is 2.19 bits per heavy atom. The quantitative estimate of drug-likeness (QED) is 0.793. The molecule has 4 heteroatoms. The van der Waals surface area contributed by atoms with E-state index in [1.165, 1.54) is 19.3 Å². The molecule has 94 valence electrons. The molecule has 2 fully saturated rings. The van der Waals surface area contributed by atoms with Crippen LogP contribution in [0.2, 0.25) is 0 Å². The van der Waals surface area contributed by atoms with Crippen molar-refractivity contribution in [3.63, 3.8) is 0 Å². The minimum absolute atomic E-state index is 0. The predicted molar refractivity (Wildman–Crippen MR) is 67.8 cm³/mol. The molecule has 1 amide bonds. The molecule has 1 saturated heterocycles.